The SMILES string of the molecule is CCC(CC(=O)O)NC(=O)CCN. The first-order valence-corrected chi connectivity index (χ1v) is 4.31. The minimum atomic E-state index is -0.903. The molecule has 0 rings (SSSR count). The quantitative estimate of drug-likeness (QED) is 0.533. The molecule has 76 valence electrons. The number of carboxylic acids is 1. The van der Waals surface area contributed by atoms with Crippen LogP contribution in [0.3, 0.4) is 0 Å². The largest absolute Gasteiger partial charge is 0.481 e. The highest BCUT2D eigenvalue weighted by Crippen LogP contribution is 1.97. The van der Waals surface area contributed by atoms with E-state index in [0.717, 1.165) is 0 Å². The molecule has 0 fully saturated rings. The van der Waals surface area contributed by atoms with Crippen molar-refractivity contribution in [3.8, 4) is 0 Å². The number of carbonyl (C=O) groups is 2. The Morgan fingerprint density at radius 1 is 1.54 bits per heavy atom. The second kappa shape index (κ2) is 6.42. The van der Waals surface area contributed by atoms with E-state index < -0.39 is 5.97 Å². The van der Waals surface area contributed by atoms with Crippen molar-refractivity contribution in [2.75, 3.05) is 6.54 Å². The molecule has 5 heteroatoms. The van der Waals surface area contributed by atoms with Gasteiger partial charge in [0.25, 0.3) is 0 Å². The van der Waals surface area contributed by atoms with Gasteiger partial charge in [-0.1, -0.05) is 6.92 Å². The lowest BCUT2D eigenvalue weighted by Crippen LogP contribution is -2.36. The van der Waals surface area contributed by atoms with Crippen molar-refractivity contribution in [2.45, 2.75) is 32.2 Å². The summed E-state index contributed by atoms with van der Waals surface area (Å²) in [7, 11) is 0. The number of nitrogens with one attached hydrogen (secondary N) is 1. The minimum absolute atomic E-state index is 0.0349. The zero-order valence-electron chi connectivity index (χ0n) is 7.75. The van der Waals surface area contributed by atoms with Crippen LogP contribution in [-0.2, 0) is 9.59 Å². The number of carbonyl (C=O) groups excluding carboxylic acids is 1. The third-order valence-electron chi connectivity index (χ3n) is 1.65. The Bertz CT molecular complexity index is 182. The summed E-state index contributed by atoms with van der Waals surface area (Å²) in [6, 6.07) is -0.281. The molecule has 0 saturated heterocycles. The zero-order chi connectivity index (χ0) is 10.3. The summed E-state index contributed by atoms with van der Waals surface area (Å²) >= 11 is 0. The molecule has 0 aromatic heterocycles. The molecular formula is C8H16N2O3. The van der Waals surface area contributed by atoms with Gasteiger partial charge < -0.3 is 16.2 Å². The fourth-order valence-electron chi connectivity index (χ4n) is 0.939. The Hall–Kier alpha value is -1.10. The fourth-order valence-corrected chi connectivity index (χ4v) is 0.939. The van der Waals surface area contributed by atoms with Crippen LogP contribution in [-0.4, -0.2) is 29.6 Å². The van der Waals surface area contributed by atoms with Crippen LogP contribution in [0.5, 0.6) is 0 Å². The van der Waals surface area contributed by atoms with Crippen molar-refractivity contribution in [2.24, 2.45) is 5.73 Å². The third-order valence-corrected chi connectivity index (χ3v) is 1.65. The van der Waals surface area contributed by atoms with Gasteiger partial charge in [-0.2, -0.15) is 0 Å². The lowest BCUT2D eigenvalue weighted by molar-refractivity contribution is -0.137. The summed E-state index contributed by atoms with van der Waals surface area (Å²) in [5.41, 5.74) is 5.17. The Kier molecular flexibility index (Phi) is 5.88. The van der Waals surface area contributed by atoms with Gasteiger partial charge in [0.1, 0.15) is 0 Å². The third kappa shape index (κ3) is 6.10. The molecule has 0 aromatic carbocycles. The van der Waals surface area contributed by atoms with Crippen LogP contribution in [0.25, 0.3) is 0 Å². The summed E-state index contributed by atoms with van der Waals surface area (Å²) in [6.07, 6.45) is 0.825. The van der Waals surface area contributed by atoms with E-state index >= 15 is 0 Å². The lowest BCUT2D eigenvalue weighted by atomic mass is 10.1. The highest BCUT2D eigenvalue weighted by molar-refractivity contribution is 5.77. The number of hydrogen-bond acceptors (Lipinski definition) is 3. The van der Waals surface area contributed by atoms with E-state index in [1.807, 2.05) is 6.92 Å². The minimum Gasteiger partial charge on any atom is -0.481 e. The van der Waals surface area contributed by atoms with Crippen LogP contribution in [0.1, 0.15) is 26.2 Å². The number of amides is 1. The topological polar surface area (TPSA) is 92.4 Å². The summed E-state index contributed by atoms with van der Waals surface area (Å²) in [5, 5.41) is 11.1. The van der Waals surface area contributed by atoms with E-state index in [1.54, 1.807) is 0 Å². The highest BCUT2D eigenvalue weighted by Gasteiger charge is 2.12. The van der Waals surface area contributed by atoms with Crippen LogP contribution in [0.4, 0.5) is 0 Å². The maximum absolute atomic E-state index is 11.0. The molecule has 0 bridgehead atoms. The fraction of sp³-hybridized carbons (Fsp3) is 0.750. The van der Waals surface area contributed by atoms with Crippen LogP contribution < -0.4 is 11.1 Å². The van der Waals surface area contributed by atoms with E-state index in [0.29, 0.717) is 6.42 Å². The standard InChI is InChI=1S/C8H16N2O3/c1-2-6(5-8(12)13)10-7(11)3-4-9/h6H,2-5,9H2,1H3,(H,10,11)(H,12,13). The molecule has 0 aliphatic rings. The number of hydrogen-bond donors (Lipinski definition) is 3. The van der Waals surface area contributed by atoms with Crippen LogP contribution in [0.15, 0.2) is 0 Å². The molecule has 0 spiro atoms. The highest BCUT2D eigenvalue weighted by atomic mass is 16.4. The second-order valence-electron chi connectivity index (χ2n) is 2.81. The van der Waals surface area contributed by atoms with Gasteiger partial charge >= 0.3 is 5.97 Å². The maximum Gasteiger partial charge on any atom is 0.305 e. The van der Waals surface area contributed by atoms with E-state index in [4.69, 9.17) is 10.8 Å². The van der Waals surface area contributed by atoms with Crippen molar-refractivity contribution in [1.29, 1.82) is 0 Å². The molecule has 5 nitrogen and oxygen atoms in total. The lowest BCUT2D eigenvalue weighted by Gasteiger charge is -2.13. The van der Waals surface area contributed by atoms with E-state index in [-0.39, 0.29) is 31.3 Å². The Labute approximate surface area is 77.3 Å². The van der Waals surface area contributed by atoms with Gasteiger partial charge in [-0.15, -0.1) is 0 Å². The van der Waals surface area contributed by atoms with Gasteiger partial charge in [-0.25, -0.2) is 0 Å². The molecule has 0 aliphatic carbocycles. The van der Waals surface area contributed by atoms with Crippen molar-refractivity contribution >= 4 is 11.9 Å². The summed E-state index contributed by atoms with van der Waals surface area (Å²) in [4.78, 5) is 21.3. The predicted octanol–water partition coefficient (Wildman–Crippen LogP) is -0.295. The van der Waals surface area contributed by atoms with E-state index in [1.165, 1.54) is 0 Å². The Morgan fingerprint density at radius 2 is 2.15 bits per heavy atom. The van der Waals surface area contributed by atoms with Crippen LogP contribution >= 0.6 is 0 Å². The summed E-state index contributed by atoms with van der Waals surface area (Å²) in [5.74, 6) is -1.09. The molecule has 0 radical (unpaired) electrons. The molecule has 0 heterocycles. The number of rotatable bonds is 6. The van der Waals surface area contributed by atoms with Gasteiger partial charge in [0.2, 0.25) is 5.91 Å². The first-order chi connectivity index (χ1) is 6.10. The smallest absolute Gasteiger partial charge is 0.305 e. The Morgan fingerprint density at radius 3 is 2.54 bits per heavy atom. The molecule has 0 aliphatic heterocycles. The maximum atomic E-state index is 11.0. The first kappa shape index (κ1) is 11.9. The van der Waals surface area contributed by atoms with Gasteiger partial charge in [0.15, 0.2) is 0 Å². The van der Waals surface area contributed by atoms with Gasteiger partial charge in [0, 0.05) is 19.0 Å². The van der Waals surface area contributed by atoms with Crippen LogP contribution in [0.2, 0.25) is 0 Å². The molecule has 1 amide bonds. The molecule has 4 N–H and O–H groups in total. The number of nitrogens with two attached hydrogens (primary N) is 1. The average molecular weight is 188 g/mol. The first-order valence-electron chi connectivity index (χ1n) is 4.31. The predicted molar refractivity (Wildman–Crippen MR) is 48.1 cm³/mol. The van der Waals surface area contributed by atoms with E-state index in [9.17, 15) is 9.59 Å². The Balaban J connectivity index is 3.83. The summed E-state index contributed by atoms with van der Waals surface area (Å²) < 4.78 is 0. The van der Waals surface area contributed by atoms with E-state index in [2.05, 4.69) is 5.32 Å². The van der Waals surface area contributed by atoms with Gasteiger partial charge in [-0.05, 0) is 6.42 Å². The van der Waals surface area contributed by atoms with Crippen molar-refractivity contribution in [1.82, 2.24) is 5.32 Å². The van der Waals surface area contributed by atoms with Gasteiger partial charge in [0.05, 0.1) is 6.42 Å². The van der Waals surface area contributed by atoms with Crippen molar-refractivity contribution in [3.05, 3.63) is 0 Å². The van der Waals surface area contributed by atoms with Crippen molar-refractivity contribution in [3.63, 3.8) is 0 Å². The molecular weight excluding hydrogens is 172 g/mol. The van der Waals surface area contributed by atoms with Crippen LogP contribution in [0, 0.1) is 0 Å². The molecule has 0 saturated carbocycles. The monoisotopic (exact) mass is 188 g/mol. The molecule has 1 atom stereocenters. The molecule has 13 heavy (non-hydrogen) atoms. The summed E-state index contributed by atoms with van der Waals surface area (Å²) in [6.45, 7) is 2.12. The number of carboxylic acid groups (broad SMARTS) is 1. The normalized spacial score (nSPS) is 12.2. The second-order valence-corrected chi connectivity index (χ2v) is 2.81. The zero-order valence-corrected chi connectivity index (χ0v) is 7.75. The average Bonchev–Trinajstić information content (AvgIpc) is 2.02. The number of aliphatic carboxylic acids is 1. The molecule has 0 aromatic rings. The van der Waals surface area contributed by atoms with Crippen molar-refractivity contribution < 1.29 is 14.7 Å². The molecule has 1 unspecified atom stereocenters. The van der Waals surface area contributed by atoms with Gasteiger partial charge in [-0.3, -0.25) is 9.59 Å².